The van der Waals surface area contributed by atoms with Crippen molar-refractivity contribution in [3.05, 3.63) is 176 Å². The summed E-state index contributed by atoms with van der Waals surface area (Å²) in [6, 6.07) is 62.0. The van der Waals surface area contributed by atoms with Crippen molar-refractivity contribution in [3.8, 4) is 22.3 Å². The molecule has 0 saturated heterocycles. The second kappa shape index (κ2) is 11.0. The van der Waals surface area contributed by atoms with Crippen molar-refractivity contribution in [1.29, 1.82) is 0 Å². The number of hydrogen-bond acceptors (Lipinski definition) is 3. The molecule has 0 aliphatic rings. The molecule has 2 aromatic heterocycles. The Morgan fingerprint density at radius 3 is 1.73 bits per heavy atom. The van der Waals surface area contributed by atoms with E-state index in [-0.39, 0.29) is 0 Å². The first-order valence-electron chi connectivity index (χ1n) is 16.6. The molecular weight excluding hydrogens is 599 g/mol. The predicted molar refractivity (Wildman–Crippen MR) is 204 cm³/mol. The highest BCUT2D eigenvalue weighted by molar-refractivity contribution is 6.12. The van der Waals surface area contributed by atoms with Gasteiger partial charge in [0.25, 0.3) is 0 Å². The number of benzene rings is 8. The highest BCUT2D eigenvalue weighted by Gasteiger charge is 2.22. The summed E-state index contributed by atoms with van der Waals surface area (Å²) in [5.74, 6) is 0. The van der Waals surface area contributed by atoms with E-state index in [9.17, 15) is 0 Å². The Labute approximate surface area is 282 Å². The summed E-state index contributed by atoms with van der Waals surface area (Å²) in [6.45, 7) is 0. The molecule has 10 rings (SSSR count). The van der Waals surface area contributed by atoms with Crippen LogP contribution in [0.2, 0.25) is 0 Å². The van der Waals surface area contributed by atoms with Gasteiger partial charge in [-0.15, -0.1) is 0 Å². The van der Waals surface area contributed by atoms with Crippen LogP contribution in [-0.4, -0.2) is 0 Å². The lowest BCUT2D eigenvalue weighted by atomic mass is 9.92. The van der Waals surface area contributed by atoms with Crippen LogP contribution in [0.25, 0.3) is 76.9 Å². The molecule has 8 aromatic carbocycles. The lowest BCUT2D eigenvalue weighted by Gasteiger charge is -2.27. The van der Waals surface area contributed by atoms with Crippen molar-refractivity contribution in [1.82, 2.24) is 0 Å². The molecule has 0 fully saturated rings. The van der Waals surface area contributed by atoms with Gasteiger partial charge in [0.15, 0.2) is 5.58 Å². The van der Waals surface area contributed by atoms with Crippen molar-refractivity contribution in [2.24, 2.45) is 0 Å². The molecule has 230 valence electrons. The number of fused-ring (bicyclic) bond motifs is 7. The van der Waals surface area contributed by atoms with E-state index in [1.54, 1.807) is 0 Å². The Hall–Kier alpha value is -6.58. The van der Waals surface area contributed by atoms with E-state index in [1.807, 2.05) is 24.3 Å². The number of furan rings is 2. The lowest BCUT2D eigenvalue weighted by Crippen LogP contribution is -2.10. The van der Waals surface area contributed by atoms with Gasteiger partial charge >= 0.3 is 0 Å². The molecule has 0 atom stereocenters. The Kier molecular flexibility index (Phi) is 6.18. The molecule has 0 aliphatic carbocycles. The second-order valence-electron chi connectivity index (χ2n) is 12.5. The van der Waals surface area contributed by atoms with Crippen molar-refractivity contribution >= 4 is 71.7 Å². The van der Waals surface area contributed by atoms with E-state index in [2.05, 4.69) is 157 Å². The van der Waals surface area contributed by atoms with Gasteiger partial charge in [-0.2, -0.15) is 0 Å². The van der Waals surface area contributed by atoms with Crippen LogP contribution in [0.3, 0.4) is 0 Å². The molecule has 0 amide bonds. The van der Waals surface area contributed by atoms with Gasteiger partial charge < -0.3 is 13.7 Å². The van der Waals surface area contributed by atoms with Crippen LogP contribution in [0.4, 0.5) is 17.1 Å². The van der Waals surface area contributed by atoms with Gasteiger partial charge in [0.1, 0.15) is 16.7 Å². The van der Waals surface area contributed by atoms with Crippen LogP contribution in [-0.2, 0) is 0 Å². The van der Waals surface area contributed by atoms with Crippen LogP contribution in [0, 0.1) is 0 Å². The van der Waals surface area contributed by atoms with E-state index in [1.165, 1.54) is 10.8 Å². The standard InChI is InChI=1S/C46H29NO2/c1-2-13-31(14-3-1)35-27-26-34(29-41(35)40-19-10-18-38-36-16-6-8-22-43(36)48-45(38)40)47(33-25-24-30-12-4-5-15-32(30)28-33)42-21-11-20-39-37-17-7-9-23-44(37)49-46(39)42/h1-29H. The molecule has 0 unspecified atom stereocenters. The zero-order valence-electron chi connectivity index (χ0n) is 26.5. The van der Waals surface area contributed by atoms with Crippen LogP contribution in [0.15, 0.2) is 185 Å². The summed E-state index contributed by atoms with van der Waals surface area (Å²) in [4.78, 5) is 2.33. The Morgan fingerprint density at radius 2 is 0.939 bits per heavy atom. The minimum absolute atomic E-state index is 0.852. The fourth-order valence-corrected chi connectivity index (χ4v) is 7.37. The Bertz CT molecular complexity index is 2840. The summed E-state index contributed by atoms with van der Waals surface area (Å²) >= 11 is 0. The first kappa shape index (κ1) is 27.5. The zero-order valence-corrected chi connectivity index (χ0v) is 26.5. The Morgan fingerprint density at radius 1 is 0.347 bits per heavy atom. The van der Waals surface area contributed by atoms with Gasteiger partial charge in [-0.1, -0.05) is 133 Å². The van der Waals surface area contributed by atoms with Crippen molar-refractivity contribution in [3.63, 3.8) is 0 Å². The molecule has 49 heavy (non-hydrogen) atoms. The third-order valence-electron chi connectivity index (χ3n) is 9.66. The minimum atomic E-state index is 0.852. The maximum absolute atomic E-state index is 6.64. The number of rotatable bonds is 5. The maximum Gasteiger partial charge on any atom is 0.159 e. The van der Waals surface area contributed by atoms with Crippen LogP contribution in [0.1, 0.15) is 0 Å². The molecular formula is C46H29NO2. The van der Waals surface area contributed by atoms with E-state index < -0.39 is 0 Å². The highest BCUT2D eigenvalue weighted by Crippen LogP contribution is 2.46. The van der Waals surface area contributed by atoms with Crippen LogP contribution in [0.5, 0.6) is 0 Å². The highest BCUT2D eigenvalue weighted by atomic mass is 16.3. The number of anilines is 3. The van der Waals surface area contributed by atoms with Crippen molar-refractivity contribution in [2.75, 3.05) is 4.90 Å². The first-order valence-corrected chi connectivity index (χ1v) is 16.6. The molecule has 2 heterocycles. The molecule has 3 nitrogen and oxygen atoms in total. The van der Waals surface area contributed by atoms with Gasteiger partial charge in [0.2, 0.25) is 0 Å². The number of para-hydroxylation sites is 4. The summed E-state index contributed by atoms with van der Waals surface area (Å²) in [7, 11) is 0. The number of nitrogens with zero attached hydrogens (tertiary/aromatic N) is 1. The van der Waals surface area contributed by atoms with E-state index >= 15 is 0 Å². The average Bonchev–Trinajstić information content (AvgIpc) is 3.74. The quantitative estimate of drug-likeness (QED) is 0.190. The van der Waals surface area contributed by atoms with Crippen LogP contribution < -0.4 is 4.90 Å². The SMILES string of the molecule is c1ccc(-c2ccc(N(c3ccc4ccccc4c3)c3cccc4c3oc3ccccc34)cc2-c2cccc3c2oc2ccccc23)cc1. The third-order valence-corrected chi connectivity index (χ3v) is 9.66. The fourth-order valence-electron chi connectivity index (χ4n) is 7.37. The largest absolute Gasteiger partial charge is 0.455 e. The first-order chi connectivity index (χ1) is 24.3. The smallest absolute Gasteiger partial charge is 0.159 e. The minimum Gasteiger partial charge on any atom is -0.455 e. The van der Waals surface area contributed by atoms with E-state index in [0.29, 0.717) is 0 Å². The third kappa shape index (κ3) is 4.44. The number of hydrogen-bond donors (Lipinski definition) is 0. The Balaban J connectivity index is 1.27. The normalized spacial score (nSPS) is 11.7. The summed E-state index contributed by atoms with van der Waals surface area (Å²) in [5.41, 5.74) is 11.0. The lowest BCUT2D eigenvalue weighted by molar-refractivity contribution is 0.669. The molecule has 10 aromatic rings. The summed E-state index contributed by atoms with van der Waals surface area (Å²) < 4.78 is 13.2. The molecule has 0 bridgehead atoms. The molecule has 3 heteroatoms. The summed E-state index contributed by atoms with van der Waals surface area (Å²) in [5, 5.41) is 6.79. The van der Waals surface area contributed by atoms with Gasteiger partial charge in [-0.05, 0) is 69.9 Å². The van der Waals surface area contributed by atoms with Gasteiger partial charge in [-0.3, -0.25) is 0 Å². The zero-order chi connectivity index (χ0) is 32.3. The molecule has 0 aliphatic heterocycles. The van der Waals surface area contributed by atoms with Crippen molar-refractivity contribution in [2.45, 2.75) is 0 Å². The fraction of sp³-hybridized carbons (Fsp3) is 0. The van der Waals surface area contributed by atoms with E-state index in [4.69, 9.17) is 8.83 Å². The maximum atomic E-state index is 6.64. The van der Waals surface area contributed by atoms with Gasteiger partial charge in [0.05, 0.1) is 5.69 Å². The summed E-state index contributed by atoms with van der Waals surface area (Å²) in [6.07, 6.45) is 0. The van der Waals surface area contributed by atoms with E-state index in [0.717, 1.165) is 83.2 Å². The monoisotopic (exact) mass is 627 g/mol. The molecule has 0 radical (unpaired) electrons. The molecule has 0 saturated carbocycles. The van der Waals surface area contributed by atoms with Crippen LogP contribution >= 0.6 is 0 Å². The predicted octanol–water partition coefficient (Wildman–Crippen LogP) is 13.4. The van der Waals surface area contributed by atoms with Crippen molar-refractivity contribution < 1.29 is 8.83 Å². The molecule has 0 N–H and O–H groups in total. The average molecular weight is 628 g/mol. The molecule has 0 spiro atoms. The topological polar surface area (TPSA) is 29.5 Å². The van der Waals surface area contributed by atoms with Gasteiger partial charge in [0, 0.05) is 38.5 Å². The van der Waals surface area contributed by atoms with Gasteiger partial charge in [-0.25, -0.2) is 0 Å². The second-order valence-corrected chi connectivity index (χ2v) is 12.5.